The number of piperazine rings is 1. The molecule has 4 heteroatoms. The summed E-state index contributed by atoms with van der Waals surface area (Å²) in [6.45, 7) is 4.75. The van der Waals surface area contributed by atoms with Crippen LogP contribution in [0.1, 0.15) is 5.56 Å². The number of nitrogens with one attached hydrogen (secondary N) is 1. The molecule has 16 heavy (non-hydrogen) atoms. The number of benzene rings is 1. The fraction of sp³-hybridized carbons (Fsp3) is 0.500. The topological polar surface area (TPSA) is 24.5 Å². The Bertz CT molecular complexity index is 351. The van der Waals surface area contributed by atoms with Crippen molar-refractivity contribution >= 4 is 0 Å². The first-order valence-electron chi connectivity index (χ1n) is 5.55. The standard InChI is InChI=1S/C12H17FN2O/c1-16-12-3-2-11(13)8-10(12)9-15-6-4-14-5-7-15/h2-3,8,14H,4-7,9H2,1H3. The number of hydrogen-bond donors (Lipinski definition) is 1. The molecule has 1 aliphatic rings. The molecule has 0 amide bonds. The van der Waals surface area contributed by atoms with Crippen molar-refractivity contribution in [1.29, 1.82) is 0 Å². The zero-order valence-corrected chi connectivity index (χ0v) is 9.50. The first-order valence-corrected chi connectivity index (χ1v) is 5.55. The van der Waals surface area contributed by atoms with Gasteiger partial charge >= 0.3 is 0 Å². The Morgan fingerprint density at radius 3 is 2.81 bits per heavy atom. The van der Waals surface area contributed by atoms with Crippen molar-refractivity contribution in [3.05, 3.63) is 29.6 Å². The van der Waals surface area contributed by atoms with Crippen molar-refractivity contribution in [3.63, 3.8) is 0 Å². The van der Waals surface area contributed by atoms with Gasteiger partial charge in [0.15, 0.2) is 0 Å². The zero-order chi connectivity index (χ0) is 11.4. The maximum absolute atomic E-state index is 13.2. The minimum atomic E-state index is -0.203. The Morgan fingerprint density at radius 1 is 1.38 bits per heavy atom. The molecule has 0 aliphatic carbocycles. The van der Waals surface area contributed by atoms with Crippen LogP contribution in [0.3, 0.4) is 0 Å². The molecule has 0 saturated carbocycles. The molecule has 0 aromatic heterocycles. The fourth-order valence-corrected chi connectivity index (χ4v) is 1.98. The van der Waals surface area contributed by atoms with Crippen molar-refractivity contribution < 1.29 is 9.13 Å². The lowest BCUT2D eigenvalue weighted by molar-refractivity contribution is 0.230. The van der Waals surface area contributed by atoms with Gasteiger partial charge in [0.2, 0.25) is 0 Å². The van der Waals surface area contributed by atoms with Gasteiger partial charge in [-0.25, -0.2) is 4.39 Å². The highest BCUT2D eigenvalue weighted by Gasteiger charge is 2.13. The van der Waals surface area contributed by atoms with E-state index < -0.39 is 0 Å². The van der Waals surface area contributed by atoms with Crippen LogP contribution in [0.4, 0.5) is 4.39 Å². The summed E-state index contributed by atoms with van der Waals surface area (Å²) in [4.78, 5) is 2.30. The van der Waals surface area contributed by atoms with Crippen LogP contribution < -0.4 is 10.1 Å². The number of methoxy groups -OCH3 is 1. The van der Waals surface area contributed by atoms with Gasteiger partial charge in [-0.1, -0.05) is 0 Å². The summed E-state index contributed by atoms with van der Waals surface area (Å²) < 4.78 is 18.4. The Kier molecular flexibility index (Phi) is 3.74. The maximum atomic E-state index is 13.2. The van der Waals surface area contributed by atoms with E-state index in [9.17, 15) is 4.39 Å². The van der Waals surface area contributed by atoms with Gasteiger partial charge < -0.3 is 10.1 Å². The minimum absolute atomic E-state index is 0.203. The van der Waals surface area contributed by atoms with E-state index in [1.165, 1.54) is 6.07 Å². The van der Waals surface area contributed by atoms with Gasteiger partial charge in [0, 0.05) is 38.3 Å². The predicted molar refractivity (Wildman–Crippen MR) is 61.1 cm³/mol. The number of ether oxygens (including phenoxy) is 1. The monoisotopic (exact) mass is 224 g/mol. The minimum Gasteiger partial charge on any atom is -0.496 e. The molecule has 1 aromatic rings. The molecule has 0 bridgehead atoms. The Balaban J connectivity index is 2.09. The summed E-state index contributed by atoms with van der Waals surface area (Å²) in [5.41, 5.74) is 0.921. The van der Waals surface area contributed by atoms with Crippen molar-refractivity contribution in [2.75, 3.05) is 33.3 Å². The van der Waals surface area contributed by atoms with Gasteiger partial charge in [-0.05, 0) is 18.2 Å². The summed E-state index contributed by atoms with van der Waals surface area (Å²) in [6.07, 6.45) is 0. The van der Waals surface area contributed by atoms with E-state index in [2.05, 4.69) is 10.2 Å². The van der Waals surface area contributed by atoms with Gasteiger partial charge in [0.25, 0.3) is 0 Å². The Labute approximate surface area is 95.2 Å². The summed E-state index contributed by atoms with van der Waals surface area (Å²) in [5.74, 6) is 0.561. The normalized spacial score (nSPS) is 17.4. The molecule has 0 atom stereocenters. The van der Waals surface area contributed by atoms with Crippen molar-refractivity contribution in [2.45, 2.75) is 6.54 Å². The van der Waals surface area contributed by atoms with E-state index in [1.807, 2.05) is 0 Å². The first-order chi connectivity index (χ1) is 7.79. The fourth-order valence-electron chi connectivity index (χ4n) is 1.98. The molecule has 0 radical (unpaired) electrons. The highest BCUT2D eigenvalue weighted by atomic mass is 19.1. The van der Waals surface area contributed by atoms with E-state index in [-0.39, 0.29) is 5.82 Å². The van der Waals surface area contributed by atoms with Gasteiger partial charge in [-0.15, -0.1) is 0 Å². The molecular weight excluding hydrogens is 207 g/mol. The van der Waals surface area contributed by atoms with Crippen LogP contribution in [0.25, 0.3) is 0 Å². The SMILES string of the molecule is COc1ccc(F)cc1CN1CCNCC1. The van der Waals surface area contributed by atoms with E-state index in [1.54, 1.807) is 19.2 Å². The lowest BCUT2D eigenvalue weighted by Gasteiger charge is -2.27. The van der Waals surface area contributed by atoms with E-state index >= 15 is 0 Å². The van der Waals surface area contributed by atoms with Crippen molar-refractivity contribution in [3.8, 4) is 5.75 Å². The molecular formula is C12H17FN2O. The second-order valence-electron chi connectivity index (χ2n) is 3.98. The Morgan fingerprint density at radius 2 is 2.12 bits per heavy atom. The number of nitrogens with zero attached hydrogens (tertiary/aromatic N) is 1. The van der Waals surface area contributed by atoms with Crippen LogP contribution in [0.15, 0.2) is 18.2 Å². The van der Waals surface area contributed by atoms with Crippen LogP contribution in [0, 0.1) is 5.82 Å². The molecule has 0 unspecified atom stereocenters. The first kappa shape index (κ1) is 11.4. The van der Waals surface area contributed by atoms with Crippen LogP contribution in [-0.2, 0) is 6.54 Å². The lowest BCUT2D eigenvalue weighted by atomic mass is 10.1. The summed E-state index contributed by atoms with van der Waals surface area (Å²) in [6, 6.07) is 4.67. The average molecular weight is 224 g/mol. The number of halogens is 1. The highest BCUT2D eigenvalue weighted by Crippen LogP contribution is 2.21. The molecule has 2 rings (SSSR count). The Hall–Kier alpha value is -1.13. The third-order valence-corrected chi connectivity index (χ3v) is 2.85. The van der Waals surface area contributed by atoms with Gasteiger partial charge in [0.1, 0.15) is 11.6 Å². The number of hydrogen-bond acceptors (Lipinski definition) is 3. The molecule has 1 aliphatic heterocycles. The smallest absolute Gasteiger partial charge is 0.123 e. The largest absolute Gasteiger partial charge is 0.496 e. The maximum Gasteiger partial charge on any atom is 0.123 e. The van der Waals surface area contributed by atoms with Crippen LogP contribution in [0.5, 0.6) is 5.75 Å². The third kappa shape index (κ3) is 2.71. The molecule has 0 spiro atoms. The van der Waals surface area contributed by atoms with Gasteiger partial charge in [0.05, 0.1) is 7.11 Å². The van der Waals surface area contributed by atoms with Crippen LogP contribution in [-0.4, -0.2) is 38.2 Å². The summed E-state index contributed by atoms with van der Waals surface area (Å²) in [5, 5.41) is 3.29. The number of rotatable bonds is 3. The second-order valence-corrected chi connectivity index (χ2v) is 3.98. The quantitative estimate of drug-likeness (QED) is 0.836. The predicted octanol–water partition coefficient (Wildman–Crippen LogP) is 1.24. The zero-order valence-electron chi connectivity index (χ0n) is 9.50. The summed E-state index contributed by atoms with van der Waals surface area (Å²) >= 11 is 0. The van der Waals surface area contributed by atoms with E-state index in [0.29, 0.717) is 0 Å². The summed E-state index contributed by atoms with van der Waals surface area (Å²) in [7, 11) is 1.62. The molecule has 1 saturated heterocycles. The highest BCUT2D eigenvalue weighted by molar-refractivity contribution is 5.33. The van der Waals surface area contributed by atoms with Crippen LogP contribution in [0.2, 0.25) is 0 Å². The molecule has 1 aromatic carbocycles. The lowest BCUT2D eigenvalue weighted by Crippen LogP contribution is -2.42. The molecule has 1 heterocycles. The molecule has 1 N–H and O–H groups in total. The second kappa shape index (κ2) is 5.27. The third-order valence-electron chi connectivity index (χ3n) is 2.85. The average Bonchev–Trinajstić information content (AvgIpc) is 2.31. The van der Waals surface area contributed by atoms with Crippen LogP contribution >= 0.6 is 0 Å². The van der Waals surface area contributed by atoms with E-state index in [4.69, 9.17) is 4.74 Å². The molecule has 3 nitrogen and oxygen atoms in total. The van der Waals surface area contributed by atoms with Gasteiger partial charge in [-0.3, -0.25) is 4.90 Å². The van der Waals surface area contributed by atoms with Crippen molar-refractivity contribution in [2.24, 2.45) is 0 Å². The van der Waals surface area contributed by atoms with Gasteiger partial charge in [-0.2, -0.15) is 0 Å². The van der Waals surface area contributed by atoms with E-state index in [0.717, 1.165) is 44.0 Å². The molecule has 1 fully saturated rings. The molecule has 88 valence electrons. The van der Waals surface area contributed by atoms with Crippen molar-refractivity contribution in [1.82, 2.24) is 10.2 Å².